The van der Waals surface area contributed by atoms with Crippen LogP contribution < -0.4 is 9.71 Å². The number of para-hydroxylation sites is 2. The average Bonchev–Trinajstić information content (AvgIpc) is 2.90. The fraction of sp³-hybridized carbons (Fsp3) is 0.500. The third kappa shape index (κ3) is 3.80. The van der Waals surface area contributed by atoms with Crippen molar-refractivity contribution in [3.63, 3.8) is 0 Å². The maximum atomic E-state index is 2.62. The predicted octanol–water partition coefficient (Wildman–Crippen LogP) is 5.49. The summed E-state index contributed by atoms with van der Waals surface area (Å²) in [4.78, 5) is 7.60. The van der Waals surface area contributed by atoms with Gasteiger partial charge in [0.2, 0.25) is 0 Å². The van der Waals surface area contributed by atoms with Gasteiger partial charge >= 0.3 is 6.98 Å². The summed E-state index contributed by atoms with van der Waals surface area (Å²) in [5.74, 6) is 0. The summed E-state index contributed by atoms with van der Waals surface area (Å²) in [5, 5.41) is 0. The molecular formula is C24H36BN3. The van der Waals surface area contributed by atoms with Crippen molar-refractivity contribution in [3.8, 4) is 0 Å². The Morgan fingerprint density at radius 2 is 1.64 bits per heavy atom. The summed E-state index contributed by atoms with van der Waals surface area (Å²) < 4.78 is 0. The molecule has 1 atom stereocenters. The Kier molecular flexibility index (Phi) is 6.39. The zero-order valence-electron chi connectivity index (χ0n) is 18.5. The van der Waals surface area contributed by atoms with Crippen LogP contribution in [0.5, 0.6) is 0 Å². The second-order valence-electron chi connectivity index (χ2n) is 8.79. The first-order valence-electron chi connectivity index (χ1n) is 10.8. The first-order chi connectivity index (χ1) is 13.4. The van der Waals surface area contributed by atoms with E-state index in [1.807, 2.05) is 0 Å². The number of unbranched alkanes of at least 4 members (excludes halogenated alkanes) is 2. The normalized spacial score (nSPS) is 17.7. The van der Waals surface area contributed by atoms with E-state index in [0.29, 0.717) is 6.98 Å². The van der Waals surface area contributed by atoms with Gasteiger partial charge in [-0.15, -0.1) is 0 Å². The van der Waals surface area contributed by atoms with Crippen molar-refractivity contribution in [1.29, 1.82) is 0 Å². The molecule has 1 aliphatic rings. The molecule has 0 radical (unpaired) electrons. The molecule has 1 aliphatic heterocycles. The highest BCUT2D eigenvalue weighted by Crippen LogP contribution is 2.46. The smallest absolute Gasteiger partial charge is 0.341 e. The average molecular weight is 377 g/mol. The van der Waals surface area contributed by atoms with Crippen LogP contribution in [0.4, 0.5) is 11.4 Å². The van der Waals surface area contributed by atoms with Crippen molar-refractivity contribution >= 4 is 18.4 Å². The van der Waals surface area contributed by atoms with Crippen LogP contribution in [0.3, 0.4) is 0 Å². The molecule has 2 aromatic rings. The van der Waals surface area contributed by atoms with Crippen LogP contribution in [0.1, 0.15) is 45.6 Å². The molecule has 0 fully saturated rings. The Morgan fingerprint density at radius 3 is 2.29 bits per heavy atom. The van der Waals surface area contributed by atoms with Crippen LogP contribution in [-0.2, 0) is 5.41 Å². The number of likely N-dealkylation sites (N-methyl/N-ethyl adjacent to an activating group) is 1. The molecule has 0 bridgehead atoms. The second-order valence-corrected chi connectivity index (χ2v) is 8.79. The van der Waals surface area contributed by atoms with E-state index < -0.39 is 0 Å². The molecule has 1 heterocycles. The highest BCUT2D eigenvalue weighted by atomic mass is 15.4. The zero-order valence-corrected chi connectivity index (χ0v) is 18.5. The third-order valence-corrected chi connectivity index (χ3v) is 6.46. The molecule has 3 rings (SSSR count). The summed E-state index contributed by atoms with van der Waals surface area (Å²) in [7, 11) is 4.52. The molecule has 2 aromatic carbocycles. The lowest BCUT2D eigenvalue weighted by molar-refractivity contribution is 0.420. The lowest BCUT2D eigenvalue weighted by atomic mass is 9.70. The topological polar surface area (TPSA) is 9.72 Å². The molecule has 0 N–H and O–H groups in total. The quantitative estimate of drug-likeness (QED) is 0.445. The van der Waals surface area contributed by atoms with Crippen molar-refractivity contribution in [2.24, 2.45) is 0 Å². The molecule has 0 saturated carbocycles. The maximum absolute atomic E-state index is 2.62. The van der Waals surface area contributed by atoms with Gasteiger partial charge in [-0.05, 0) is 50.6 Å². The van der Waals surface area contributed by atoms with Crippen LogP contribution >= 0.6 is 0 Å². The second kappa shape index (κ2) is 8.61. The minimum atomic E-state index is 0.0275. The Hall–Kier alpha value is -1.94. The lowest BCUT2D eigenvalue weighted by Gasteiger charge is -2.47. The maximum Gasteiger partial charge on any atom is 0.341 e. The van der Waals surface area contributed by atoms with E-state index in [9.17, 15) is 0 Å². The number of fused-ring (bicyclic) bond motifs is 1. The van der Waals surface area contributed by atoms with Crippen molar-refractivity contribution in [2.45, 2.75) is 58.4 Å². The lowest BCUT2D eigenvalue weighted by Crippen LogP contribution is -2.62. The van der Waals surface area contributed by atoms with E-state index in [1.165, 1.54) is 36.2 Å². The van der Waals surface area contributed by atoms with E-state index in [0.717, 1.165) is 6.54 Å². The molecule has 1 unspecified atom stereocenters. The molecule has 28 heavy (non-hydrogen) atoms. The Bertz CT molecular complexity index is 761. The summed E-state index contributed by atoms with van der Waals surface area (Å²) in [6.45, 7) is 10.8. The van der Waals surface area contributed by atoms with Crippen molar-refractivity contribution < 1.29 is 0 Å². The van der Waals surface area contributed by atoms with Crippen LogP contribution in [0.25, 0.3) is 0 Å². The molecule has 0 amide bonds. The standard InChI is InChI=1S/C24H36BN3/c1-7-8-14-19-26(5)25(4)28(20-15-10-9-11-16-20)23-24(2,3)21-17-12-13-18-22(21)27(23)6/h9-13,15-18,23H,7-8,14,19H2,1-6H3. The number of hydrogen-bond acceptors (Lipinski definition) is 3. The van der Waals surface area contributed by atoms with Crippen LogP contribution in [0.2, 0.25) is 6.82 Å². The van der Waals surface area contributed by atoms with E-state index >= 15 is 0 Å². The van der Waals surface area contributed by atoms with E-state index in [1.54, 1.807) is 0 Å². The van der Waals surface area contributed by atoms with Gasteiger partial charge in [0.1, 0.15) is 6.17 Å². The van der Waals surface area contributed by atoms with Gasteiger partial charge in [-0.3, -0.25) is 0 Å². The SMILES string of the molecule is CCCCCN(C)B(C)N(c1ccccc1)C1N(C)c2ccccc2C1(C)C. The summed E-state index contributed by atoms with van der Waals surface area (Å²) >= 11 is 0. The molecule has 150 valence electrons. The van der Waals surface area contributed by atoms with E-state index in [4.69, 9.17) is 0 Å². The summed E-state index contributed by atoms with van der Waals surface area (Å²) in [5.41, 5.74) is 4.10. The van der Waals surface area contributed by atoms with Gasteiger partial charge in [-0.25, -0.2) is 0 Å². The minimum absolute atomic E-state index is 0.0275. The zero-order chi connectivity index (χ0) is 20.3. The monoisotopic (exact) mass is 377 g/mol. The van der Waals surface area contributed by atoms with Gasteiger partial charge in [-0.2, -0.15) is 0 Å². The van der Waals surface area contributed by atoms with Crippen LogP contribution in [-0.4, -0.2) is 38.6 Å². The first kappa shape index (κ1) is 20.8. The Morgan fingerprint density at radius 1 is 1.00 bits per heavy atom. The molecule has 0 aromatic heterocycles. The van der Waals surface area contributed by atoms with Crippen LogP contribution in [0.15, 0.2) is 54.6 Å². The van der Waals surface area contributed by atoms with Crippen molar-refractivity contribution in [3.05, 3.63) is 60.2 Å². The molecule has 0 spiro atoms. The van der Waals surface area contributed by atoms with Gasteiger partial charge in [0.25, 0.3) is 0 Å². The van der Waals surface area contributed by atoms with Gasteiger partial charge in [0.05, 0.1) is 0 Å². The summed E-state index contributed by atoms with van der Waals surface area (Å²) in [6, 6.07) is 19.8. The number of nitrogens with zero attached hydrogens (tertiary/aromatic N) is 3. The fourth-order valence-corrected chi connectivity index (χ4v) is 4.79. The minimum Gasteiger partial charge on any atom is -0.381 e. The highest BCUT2D eigenvalue weighted by molar-refractivity contribution is 6.59. The molecular weight excluding hydrogens is 341 g/mol. The van der Waals surface area contributed by atoms with E-state index in [2.05, 4.69) is 111 Å². The molecule has 0 aliphatic carbocycles. The van der Waals surface area contributed by atoms with Crippen molar-refractivity contribution in [2.75, 3.05) is 30.4 Å². The molecule has 0 saturated heterocycles. The van der Waals surface area contributed by atoms with E-state index in [-0.39, 0.29) is 11.6 Å². The Balaban J connectivity index is 1.98. The molecule has 3 nitrogen and oxygen atoms in total. The number of anilines is 2. The third-order valence-electron chi connectivity index (χ3n) is 6.46. The number of hydrogen-bond donors (Lipinski definition) is 0. The van der Waals surface area contributed by atoms with Gasteiger partial charge in [-0.1, -0.05) is 70.0 Å². The molecule has 4 heteroatoms. The highest BCUT2D eigenvalue weighted by Gasteiger charge is 2.48. The van der Waals surface area contributed by atoms with Crippen LogP contribution in [0, 0.1) is 0 Å². The number of benzene rings is 2. The largest absolute Gasteiger partial charge is 0.381 e. The van der Waals surface area contributed by atoms with Gasteiger partial charge < -0.3 is 14.5 Å². The predicted molar refractivity (Wildman–Crippen MR) is 124 cm³/mol. The summed E-state index contributed by atoms with van der Waals surface area (Å²) in [6.07, 6.45) is 4.07. The van der Waals surface area contributed by atoms with Gasteiger partial charge in [0, 0.05) is 23.8 Å². The van der Waals surface area contributed by atoms with Crippen molar-refractivity contribution in [1.82, 2.24) is 4.81 Å². The first-order valence-corrected chi connectivity index (χ1v) is 10.8. The Labute approximate surface area is 172 Å². The van der Waals surface area contributed by atoms with Gasteiger partial charge in [0.15, 0.2) is 0 Å². The number of rotatable bonds is 8. The fourth-order valence-electron chi connectivity index (χ4n) is 4.79.